The van der Waals surface area contributed by atoms with Crippen LogP contribution in [-0.4, -0.2) is 16.5 Å². The van der Waals surface area contributed by atoms with Crippen LogP contribution in [0.1, 0.15) is 24.6 Å². The van der Waals surface area contributed by atoms with Gasteiger partial charge in [-0.2, -0.15) is 0 Å². The predicted molar refractivity (Wildman–Crippen MR) is 67.4 cm³/mol. The van der Waals surface area contributed by atoms with Crippen molar-refractivity contribution in [3.05, 3.63) is 48.3 Å². The highest BCUT2D eigenvalue weighted by atomic mass is 15.0. The molecule has 0 bridgehead atoms. The van der Waals surface area contributed by atoms with Gasteiger partial charge in [-0.25, -0.2) is 9.97 Å². The molecule has 1 N–H and O–H groups in total. The molecule has 0 spiro atoms. The van der Waals surface area contributed by atoms with E-state index in [1.54, 1.807) is 0 Å². The molecule has 1 fully saturated rings. The number of nitrogens with one attached hydrogen (secondary N) is 1. The van der Waals surface area contributed by atoms with E-state index in [4.69, 9.17) is 0 Å². The number of aromatic nitrogens is 2. The Morgan fingerprint density at radius 3 is 2.76 bits per heavy atom. The Balaban J connectivity index is 1.94. The molecule has 0 radical (unpaired) electrons. The Morgan fingerprint density at radius 1 is 1.12 bits per heavy atom. The zero-order chi connectivity index (χ0) is 11.5. The number of hydrogen-bond acceptors (Lipinski definition) is 3. The molecule has 3 nitrogen and oxygen atoms in total. The molecule has 3 heteroatoms. The summed E-state index contributed by atoms with van der Waals surface area (Å²) in [5.41, 5.74) is 2.18. The van der Waals surface area contributed by atoms with Gasteiger partial charge in [-0.15, -0.1) is 0 Å². The van der Waals surface area contributed by atoms with Gasteiger partial charge in [0.25, 0.3) is 0 Å². The van der Waals surface area contributed by atoms with Gasteiger partial charge in [-0.3, -0.25) is 0 Å². The summed E-state index contributed by atoms with van der Waals surface area (Å²) in [7, 11) is 0. The Morgan fingerprint density at radius 2 is 2.00 bits per heavy atom. The summed E-state index contributed by atoms with van der Waals surface area (Å²) >= 11 is 0. The van der Waals surface area contributed by atoms with Gasteiger partial charge in [0.05, 0.1) is 5.69 Å². The average Bonchev–Trinajstić information content (AvgIpc) is 2.94. The summed E-state index contributed by atoms with van der Waals surface area (Å²) in [5.74, 6) is 0.816. The van der Waals surface area contributed by atoms with Gasteiger partial charge in [0, 0.05) is 17.8 Å². The minimum atomic E-state index is 0.403. The lowest BCUT2D eigenvalue weighted by Gasteiger charge is -2.10. The largest absolute Gasteiger partial charge is 0.309 e. The zero-order valence-corrected chi connectivity index (χ0v) is 9.63. The monoisotopic (exact) mass is 225 g/mol. The lowest BCUT2D eigenvalue weighted by molar-refractivity contribution is 0.626. The van der Waals surface area contributed by atoms with Crippen molar-refractivity contribution < 1.29 is 0 Å². The Hall–Kier alpha value is -1.74. The summed E-state index contributed by atoms with van der Waals surface area (Å²) in [6, 6.07) is 12.5. The molecule has 1 saturated heterocycles. The van der Waals surface area contributed by atoms with E-state index in [0.29, 0.717) is 6.04 Å². The fourth-order valence-electron chi connectivity index (χ4n) is 2.23. The van der Waals surface area contributed by atoms with Crippen molar-refractivity contribution in [3.8, 4) is 11.4 Å². The lowest BCUT2D eigenvalue weighted by Crippen LogP contribution is -2.14. The van der Waals surface area contributed by atoms with Crippen LogP contribution >= 0.6 is 0 Å². The van der Waals surface area contributed by atoms with Crippen LogP contribution in [0.2, 0.25) is 0 Å². The van der Waals surface area contributed by atoms with E-state index in [0.717, 1.165) is 23.6 Å². The lowest BCUT2D eigenvalue weighted by atomic mass is 10.1. The quantitative estimate of drug-likeness (QED) is 0.853. The second-order valence-electron chi connectivity index (χ2n) is 4.32. The molecular weight excluding hydrogens is 210 g/mol. The van der Waals surface area contributed by atoms with E-state index in [1.165, 1.54) is 12.8 Å². The maximum Gasteiger partial charge on any atom is 0.159 e. The molecule has 1 aromatic heterocycles. The molecule has 0 aliphatic carbocycles. The number of nitrogens with zero attached hydrogens (tertiary/aromatic N) is 2. The van der Waals surface area contributed by atoms with Gasteiger partial charge >= 0.3 is 0 Å². The molecule has 1 aromatic carbocycles. The van der Waals surface area contributed by atoms with Crippen LogP contribution < -0.4 is 5.32 Å². The van der Waals surface area contributed by atoms with Crippen molar-refractivity contribution >= 4 is 0 Å². The molecule has 0 amide bonds. The van der Waals surface area contributed by atoms with Gasteiger partial charge in [0.1, 0.15) is 0 Å². The van der Waals surface area contributed by atoms with Gasteiger partial charge in [-0.1, -0.05) is 30.3 Å². The topological polar surface area (TPSA) is 37.8 Å². The fourth-order valence-corrected chi connectivity index (χ4v) is 2.23. The first-order chi connectivity index (χ1) is 8.43. The first-order valence-corrected chi connectivity index (χ1v) is 6.05. The molecule has 2 heterocycles. The van der Waals surface area contributed by atoms with E-state index in [2.05, 4.69) is 15.3 Å². The van der Waals surface area contributed by atoms with Crippen molar-refractivity contribution in [2.45, 2.75) is 18.9 Å². The van der Waals surface area contributed by atoms with Gasteiger partial charge in [0.15, 0.2) is 5.82 Å². The summed E-state index contributed by atoms with van der Waals surface area (Å²) in [4.78, 5) is 8.99. The molecule has 1 unspecified atom stereocenters. The van der Waals surface area contributed by atoms with E-state index in [1.807, 2.05) is 42.6 Å². The Labute approximate surface area is 101 Å². The fraction of sp³-hybridized carbons (Fsp3) is 0.286. The van der Waals surface area contributed by atoms with Crippen molar-refractivity contribution in [3.63, 3.8) is 0 Å². The minimum absolute atomic E-state index is 0.403. The van der Waals surface area contributed by atoms with Crippen LogP contribution in [0.5, 0.6) is 0 Å². The predicted octanol–water partition coefficient (Wildman–Crippen LogP) is 2.57. The summed E-state index contributed by atoms with van der Waals surface area (Å²) in [5, 5.41) is 3.46. The molecule has 17 heavy (non-hydrogen) atoms. The van der Waals surface area contributed by atoms with Crippen molar-refractivity contribution in [2.24, 2.45) is 0 Å². The second kappa shape index (κ2) is 4.63. The Kier molecular flexibility index (Phi) is 2.84. The smallest absolute Gasteiger partial charge is 0.159 e. The highest BCUT2D eigenvalue weighted by Gasteiger charge is 2.17. The summed E-state index contributed by atoms with van der Waals surface area (Å²) in [6.45, 7) is 1.09. The molecule has 2 aromatic rings. The minimum Gasteiger partial charge on any atom is -0.309 e. The second-order valence-corrected chi connectivity index (χ2v) is 4.32. The maximum absolute atomic E-state index is 4.65. The summed E-state index contributed by atoms with van der Waals surface area (Å²) < 4.78 is 0. The van der Waals surface area contributed by atoms with E-state index >= 15 is 0 Å². The van der Waals surface area contributed by atoms with Crippen LogP contribution in [-0.2, 0) is 0 Å². The molecule has 3 rings (SSSR count). The average molecular weight is 225 g/mol. The molecule has 0 saturated carbocycles. The number of hydrogen-bond donors (Lipinski definition) is 1. The van der Waals surface area contributed by atoms with E-state index in [9.17, 15) is 0 Å². The molecular formula is C14H15N3. The normalized spacial score (nSPS) is 19.4. The van der Waals surface area contributed by atoms with Gasteiger partial charge in [0.2, 0.25) is 0 Å². The van der Waals surface area contributed by atoms with Gasteiger partial charge in [-0.05, 0) is 25.5 Å². The summed E-state index contributed by atoms with van der Waals surface area (Å²) in [6.07, 6.45) is 4.26. The number of rotatable bonds is 2. The third-order valence-electron chi connectivity index (χ3n) is 3.13. The van der Waals surface area contributed by atoms with Crippen molar-refractivity contribution in [1.82, 2.24) is 15.3 Å². The van der Waals surface area contributed by atoms with Crippen LogP contribution in [0, 0.1) is 0 Å². The van der Waals surface area contributed by atoms with Gasteiger partial charge < -0.3 is 5.32 Å². The molecule has 86 valence electrons. The number of benzene rings is 1. The van der Waals surface area contributed by atoms with E-state index in [-0.39, 0.29) is 0 Å². The van der Waals surface area contributed by atoms with Crippen LogP contribution in [0.4, 0.5) is 0 Å². The van der Waals surface area contributed by atoms with Crippen LogP contribution in [0.25, 0.3) is 11.4 Å². The van der Waals surface area contributed by atoms with Crippen LogP contribution in [0.15, 0.2) is 42.6 Å². The molecule has 1 aliphatic rings. The maximum atomic E-state index is 4.65. The van der Waals surface area contributed by atoms with Crippen molar-refractivity contribution in [1.29, 1.82) is 0 Å². The first kappa shape index (κ1) is 10.4. The Bertz CT molecular complexity index is 490. The highest BCUT2D eigenvalue weighted by Crippen LogP contribution is 2.22. The standard InChI is InChI=1S/C14H15N3/c1-2-5-11(6-3-1)14-16-10-8-13(17-14)12-7-4-9-15-12/h1-3,5-6,8,10,12,15H,4,7,9H2. The molecule has 1 aliphatic heterocycles. The SMILES string of the molecule is c1ccc(-c2nccc(C3CCCN3)n2)cc1. The van der Waals surface area contributed by atoms with Crippen LogP contribution in [0.3, 0.4) is 0 Å². The van der Waals surface area contributed by atoms with Crippen molar-refractivity contribution in [2.75, 3.05) is 6.54 Å². The zero-order valence-electron chi connectivity index (χ0n) is 9.63. The molecule has 1 atom stereocenters. The first-order valence-electron chi connectivity index (χ1n) is 6.05. The third kappa shape index (κ3) is 2.19. The highest BCUT2D eigenvalue weighted by molar-refractivity contribution is 5.54. The third-order valence-corrected chi connectivity index (χ3v) is 3.13. The van der Waals surface area contributed by atoms with E-state index < -0.39 is 0 Å².